The van der Waals surface area contributed by atoms with Crippen LogP contribution >= 0.6 is 0 Å². The van der Waals surface area contributed by atoms with E-state index in [4.69, 9.17) is 4.18 Å². The Kier molecular flexibility index (Phi) is 5.25. The summed E-state index contributed by atoms with van der Waals surface area (Å²) in [6.45, 7) is 3.95. The maximum absolute atomic E-state index is 12.6. The summed E-state index contributed by atoms with van der Waals surface area (Å²) in [6, 6.07) is 12.7. The number of aryl methyl sites for hydroxylation is 1. The zero-order valence-electron chi connectivity index (χ0n) is 13.6. The molecule has 1 saturated heterocycles. The van der Waals surface area contributed by atoms with E-state index in [-0.39, 0.29) is 5.69 Å². The highest BCUT2D eigenvalue weighted by molar-refractivity contribution is 7.80. The molecular formula is C18H20N3O2S. The lowest BCUT2D eigenvalue weighted by Gasteiger charge is -2.29. The molecule has 24 heavy (non-hydrogen) atoms. The lowest BCUT2D eigenvalue weighted by molar-refractivity contribution is 0.561. The maximum atomic E-state index is 12.6. The van der Waals surface area contributed by atoms with Crippen LogP contribution < -0.4 is 14.6 Å². The highest BCUT2D eigenvalue weighted by atomic mass is 32.2. The first kappa shape index (κ1) is 16.6. The fraction of sp³-hybridized carbons (Fsp3) is 0.333. The molecule has 0 spiro atoms. The quantitative estimate of drug-likeness (QED) is 0.772. The minimum atomic E-state index is -1.75. The lowest BCUT2D eigenvalue weighted by atomic mass is 10.1. The highest BCUT2D eigenvalue weighted by Crippen LogP contribution is 2.30. The Morgan fingerprint density at radius 1 is 1.08 bits per heavy atom. The topological polar surface area (TPSA) is 64.2 Å². The molecule has 0 bridgehead atoms. The molecule has 0 aliphatic carbocycles. The Labute approximate surface area is 144 Å². The van der Waals surface area contributed by atoms with Crippen LogP contribution in [0.4, 0.5) is 11.4 Å². The summed E-state index contributed by atoms with van der Waals surface area (Å²) in [5.74, 6) is 0.520. The minimum absolute atomic E-state index is 0.265. The molecule has 5 nitrogen and oxygen atoms in total. The van der Waals surface area contributed by atoms with Crippen LogP contribution in [0.1, 0.15) is 24.8 Å². The molecule has 2 aromatic carbocycles. The fourth-order valence-corrected chi connectivity index (χ4v) is 3.67. The van der Waals surface area contributed by atoms with E-state index in [9.17, 15) is 9.74 Å². The first-order valence-corrected chi connectivity index (χ1v) is 9.16. The molecule has 1 radical (unpaired) electrons. The van der Waals surface area contributed by atoms with Crippen LogP contribution in [0.3, 0.4) is 0 Å². The van der Waals surface area contributed by atoms with E-state index in [0.717, 1.165) is 37.2 Å². The second-order valence-electron chi connectivity index (χ2n) is 5.93. The van der Waals surface area contributed by atoms with Crippen molar-refractivity contribution in [2.45, 2.75) is 31.1 Å². The first-order valence-electron chi connectivity index (χ1n) is 8.08. The second-order valence-corrected chi connectivity index (χ2v) is 7.01. The standard InChI is InChI=1S/C18H20N3O2S/c1-14-5-8-16(9-6-14)23-24(22)18-13-15(7-10-17(18)20-19)21-11-3-2-4-12-21/h5-10,13H,2-4,11-12H2,1H3. The average molecular weight is 342 g/mol. The normalized spacial score (nSPS) is 15.8. The molecule has 1 unspecified atom stereocenters. The molecule has 125 valence electrons. The SMILES string of the molecule is Cc1ccc(OS(=O)c2cc(N3CCCCC3)ccc2N=[N])cc1. The molecule has 0 saturated carbocycles. The van der Waals surface area contributed by atoms with Gasteiger partial charge >= 0.3 is 0 Å². The molecule has 1 aliphatic heterocycles. The van der Waals surface area contributed by atoms with Crippen molar-refractivity contribution in [3.63, 3.8) is 0 Å². The molecular weight excluding hydrogens is 322 g/mol. The molecule has 0 N–H and O–H groups in total. The van der Waals surface area contributed by atoms with Gasteiger partial charge in [-0.15, -0.1) is 5.11 Å². The summed E-state index contributed by atoms with van der Waals surface area (Å²) in [4.78, 5) is 2.64. The highest BCUT2D eigenvalue weighted by Gasteiger charge is 2.17. The van der Waals surface area contributed by atoms with E-state index in [1.807, 2.05) is 25.1 Å². The van der Waals surface area contributed by atoms with Gasteiger partial charge in [-0.1, -0.05) is 17.7 Å². The van der Waals surface area contributed by atoms with Crippen molar-refractivity contribution in [1.29, 1.82) is 0 Å². The van der Waals surface area contributed by atoms with Gasteiger partial charge in [-0.3, -0.25) is 0 Å². The molecule has 6 heteroatoms. The summed E-state index contributed by atoms with van der Waals surface area (Å²) >= 11 is -1.75. The predicted molar refractivity (Wildman–Crippen MR) is 94.9 cm³/mol. The number of hydrogen-bond donors (Lipinski definition) is 0. The molecule has 1 aliphatic rings. The van der Waals surface area contributed by atoms with E-state index < -0.39 is 11.1 Å². The van der Waals surface area contributed by atoms with E-state index >= 15 is 0 Å². The number of hydrogen-bond acceptors (Lipinski definition) is 4. The van der Waals surface area contributed by atoms with Gasteiger partial charge in [0, 0.05) is 18.8 Å². The van der Waals surface area contributed by atoms with Gasteiger partial charge in [0.25, 0.3) is 0 Å². The van der Waals surface area contributed by atoms with Gasteiger partial charge in [0.1, 0.15) is 16.3 Å². The number of benzene rings is 2. The van der Waals surface area contributed by atoms with Crippen LogP contribution in [0, 0.1) is 6.92 Å². The molecule has 1 fully saturated rings. The summed E-state index contributed by atoms with van der Waals surface area (Å²) in [6.07, 6.45) is 3.56. The second kappa shape index (κ2) is 7.57. The zero-order chi connectivity index (χ0) is 16.9. The Morgan fingerprint density at radius 3 is 2.46 bits per heavy atom. The molecule has 0 aromatic heterocycles. The Bertz CT molecular complexity index is 740. The summed E-state index contributed by atoms with van der Waals surface area (Å²) < 4.78 is 18.1. The van der Waals surface area contributed by atoms with Crippen LogP contribution in [0.15, 0.2) is 52.5 Å². The molecule has 1 atom stereocenters. The van der Waals surface area contributed by atoms with Gasteiger partial charge in [-0.05, 0) is 62.0 Å². The van der Waals surface area contributed by atoms with Gasteiger partial charge in [-0.2, -0.15) is 0 Å². The summed E-state index contributed by atoms with van der Waals surface area (Å²) in [7, 11) is 0. The van der Waals surface area contributed by atoms with Crippen molar-refractivity contribution in [2.24, 2.45) is 5.11 Å². The molecule has 0 amide bonds. The number of nitrogens with zero attached hydrogens (tertiary/aromatic N) is 3. The van der Waals surface area contributed by atoms with Crippen LogP contribution in [0.2, 0.25) is 0 Å². The Morgan fingerprint density at radius 2 is 1.79 bits per heavy atom. The van der Waals surface area contributed by atoms with Crippen molar-refractivity contribution < 1.29 is 8.39 Å². The largest absolute Gasteiger partial charge is 0.397 e. The Balaban J connectivity index is 1.85. The van der Waals surface area contributed by atoms with Crippen molar-refractivity contribution in [1.82, 2.24) is 5.53 Å². The third kappa shape index (κ3) is 3.82. The maximum Gasteiger partial charge on any atom is 0.243 e. The van der Waals surface area contributed by atoms with Crippen LogP contribution in [-0.4, -0.2) is 17.3 Å². The third-order valence-electron chi connectivity index (χ3n) is 4.14. The van der Waals surface area contributed by atoms with Gasteiger partial charge in [-0.25, -0.2) is 4.21 Å². The van der Waals surface area contributed by atoms with Crippen LogP contribution in [0.25, 0.3) is 0 Å². The van der Waals surface area contributed by atoms with Crippen molar-refractivity contribution in [3.8, 4) is 5.75 Å². The molecule has 2 aromatic rings. The number of anilines is 1. The van der Waals surface area contributed by atoms with Crippen LogP contribution in [-0.2, 0) is 11.1 Å². The van der Waals surface area contributed by atoms with Gasteiger partial charge < -0.3 is 9.08 Å². The monoisotopic (exact) mass is 342 g/mol. The summed E-state index contributed by atoms with van der Waals surface area (Å²) in [5.41, 5.74) is 11.5. The smallest absolute Gasteiger partial charge is 0.243 e. The molecule has 1 heterocycles. The van der Waals surface area contributed by atoms with Crippen molar-refractivity contribution >= 4 is 22.5 Å². The summed E-state index contributed by atoms with van der Waals surface area (Å²) in [5, 5.41) is 3.24. The minimum Gasteiger partial charge on any atom is -0.397 e. The average Bonchev–Trinajstić information content (AvgIpc) is 2.63. The first-order chi connectivity index (χ1) is 11.7. The van der Waals surface area contributed by atoms with E-state index in [2.05, 4.69) is 10.0 Å². The Hall–Kier alpha value is -2.21. The van der Waals surface area contributed by atoms with Gasteiger partial charge in [0.05, 0.1) is 0 Å². The number of rotatable bonds is 5. The number of piperidine rings is 1. The zero-order valence-corrected chi connectivity index (χ0v) is 14.5. The lowest BCUT2D eigenvalue weighted by Crippen LogP contribution is -2.29. The fourth-order valence-electron chi connectivity index (χ4n) is 2.79. The van der Waals surface area contributed by atoms with Crippen LogP contribution in [0.5, 0.6) is 5.75 Å². The van der Waals surface area contributed by atoms with Crippen molar-refractivity contribution in [2.75, 3.05) is 18.0 Å². The van der Waals surface area contributed by atoms with Crippen molar-refractivity contribution in [3.05, 3.63) is 48.0 Å². The van der Waals surface area contributed by atoms with E-state index in [1.54, 1.807) is 24.3 Å². The van der Waals surface area contributed by atoms with E-state index in [0.29, 0.717) is 10.6 Å². The van der Waals surface area contributed by atoms with Gasteiger partial charge in [0.15, 0.2) is 0 Å². The third-order valence-corrected chi connectivity index (χ3v) is 5.17. The molecule has 3 rings (SSSR count). The van der Waals surface area contributed by atoms with E-state index in [1.165, 1.54) is 6.42 Å². The van der Waals surface area contributed by atoms with Gasteiger partial charge in [0.2, 0.25) is 11.1 Å². The predicted octanol–water partition coefficient (Wildman–Crippen LogP) is 3.97.